The Morgan fingerprint density at radius 1 is 1.18 bits per heavy atom. The van der Waals surface area contributed by atoms with Gasteiger partial charge in [0.2, 0.25) is 5.88 Å². The van der Waals surface area contributed by atoms with Crippen LogP contribution in [0.5, 0.6) is 11.9 Å². The lowest BCUT2D eigenvalue weighted by Gasteiger charge is -2.24. The van der Waals surface area contributed by atoms with E-state index in [1.54, 1.807) is 29.1 Å². The molecular formula is C17H19F2IN6O2. The summed E-state index contributed by atoms with van der Waals surface area (Å²) in [5.41, 5.74) is 0.794. The Kier molecular flexibility index (Phi) is 4.59. The first-order valence-corrected chi connectivity index (χ1v) is 10.7. The Morgan fingerprint density at radius 2 is 1.96 bits per heavy atom. The van der Waals surface area contributed by atoms with Gasteiger partial charge in [-0.2, -0.15) is 10.1 Å². The van der Waals surface area contributed by atoms with Crippen molar-refractivity contribution in [2.75, 3.05) is 27.3 Å². The highest BCUT2D eigenvalue weighted by atomic mass is 127. The second-order valence-electron chi connectivity index (χ2n) is 7.15. The first kappa shape index (κ1) is 19.2. The summed E-state index contributed by atoms with van der Waals surface area (Å²) in [7, 11) is 2.98. The van der Waals surface area contributed by atoms with Gasteiger partial charge in [-0.1, -0.05) is 13.8 Å². The van der Waals surface area contributed by atoms with Crippen molar-refractivity contribution >= 4 is 31.0 Å². The predicted octanol–water partition coefficient (Wildman–Crippen LogP) is 2.59. The van der Waals surface area contributed by atoms with E-state index in [2.05, 4.69) is 20.1 Å². The van der Waals surface area contributed by atoms with Gasteiger partial charge in [-0.25, -0.2) is 21.7 Å². The minimum Gasteiger partial charge on any atom is -0.480 e. The van der Waals surface area contributed by atoms with E-state index in [9.17, 15) is 8.78 Å². The highest BCUT2D eigenvalue weighted by Gasteiger charge is 2.55. The third-order valence-corrected chi connectivity index (χ3v) is 6.64. The van der Waals surface area contributed by atoms with Crippen LogP contribution in [-0.2, 0) is 0 Å². The van der Waals surface area contributed by atoms with Crippen molar-refractivity contribution in [2.24, 2.45) is 10.4 Å². The Bertz CT molecular complexity index is 972. The van der Waals surface area contributed by atoms with E-state index in [-0.39, 0.29) is 19.1 Å². The quantitative estimate of drug-likeness (QED) is 0.599. The summed E-state index contributed by atoms with van der Waals surface area (Å²) < 4.78 is 42.7. The van der Waals surface area contributed by atoms with Crippen LogP contribution >= 0.6 is 21.0 Å². The van der Waals surface area contributed by atoms with Gasteiger partial charge in [0.05, 0.1) is 30.5 Å². The van der Waals surface area contributed by atoms with Gasteiger partial charge in [0.25, 0.3) is 5.92 Å². The van der Waals surface area contributed by atoms with E-state index in [1.807, 2.05) is 8.96 Å². The fourth-order valence-electron chi connectivity index (χ4n) is 3.17. The topological polar surface area (TPSA) is 77.7 Å². The summed E-state index contributed by atoms with van der Waals surface area (Å²) in [6.45, 7) is 3.02. The lowest BCUT2D eigenvalue weighted by molar-refractivity contribution is -0.0658. The number of nitrogens with zero attached hydrogens (tertiary/aromatic N) is 6. The molecule has 4 rings (SSSR count). The first-order chi connectivity index (χ1) is 13.3. The van der Waals surface area contributed by atoms with Crippen molar-refractivity contribution < 1.29 is 18.3 Å². The van der Waals surface area contributed by atoms with Crippen LogP contribution in [0.1, 0.15) is 19.5 Å². The largest absolute Gasteiger partial charge is 0.480 e. The Hall–Kier alpha value is -2.18. The molecule has 0 radical (unpaired) electrons. The standard InChI is InChI=1S/C17H19F2IN6O2/c1-16(2)7-25(8-17(16,18)19)13-12-5-11(24-26(12)20-9-22-13)10-6-21-15(28-4)23-14(10)27-3/h5-6,9H,7-8H2,1-4H3. The lowest BCUT2D eigenvalue weighted by atomic mass is 9.89. The molecular weight excluding hydrogens is 485 g/mol. The number of aliphatic imine (C=N–C) groups is 1. The molecule has 28 heavy (non-hydrogen) atoms. The van der Waals surface area contributed by atoms with Crippen LogP contribution in [0.15, 0.2) is 17.3 Å². The molecule has 0 spiro atoms. The van der Waals surface area contributed by atoms with Crippen molar-refractivity contribution in [3.8, 4) is 23.1 Å². The second kappa shape index (κ2) is 6.71. The van der Waals surface area contributed by atoms with E-state index in [0.29, 0.717) is 23.0 Å². The van der Waals surface area contributed by atoms with Crippen molar-refractivity contribution in [2.45, 2.75) is 19.8 Å². The fourth-order valence-corrected chi connectivity index (χ4v) is 4.80. The monoisotopic (exact) mass is 504 g/mol. The van der Waals surface area contributed by atoms with E-state index >= 15 is 0 Å². The maximum Gasteiger partial charge on any atom is 0.319 e. The van der Waals surface area contributed by atoms with Crippen molar-refractivity contribution in [1.29, 1.82) is 0 Å². The molecule has 0 aliphatic carbocycles. The number of methoxy groups -OCH3 is 2. The molecule has 11 heteroatoms. The van der Waals surface area contributed by atoms with E-state index in [4.69, 9.17) is 9.47 Å². The molecule has 4 heterocycles. The number of halogens is 3. The van der Waals surface area contributed by atoms with Gasteiger partial charge in [-0.3, -0.25) is 0 Å². The maximum atomic E-state index is 14.4. The third-order valence-electron chi connectivity index (χ3n) is 4.85. The van der Waals surface area contributed by atoms with Crippen LogP contribution in [0.25, 0.3) is 11.3 Å². The zero-order chi connectivity index (χ0) is 20.1. The number of hydrogen-bond donors (Lipinski definition) is 0. The van der Waals surface area contributed by atoms with Crippen molar-refractivity contribution in [3.05, 3.63) is 18.0 Å². The molecule has 2 aliphatic rings. The van der Waals surface area contributed by atoms with Gasteiger partial charge in [-0.15, -0.1) is 0 Å². The van der Waals surface area contributed by atoms with E-state index < -0.39 is 32.3 Å². The molecule has 1 saturated heterocycles. The minimum atomic E-state index is -2.79. The second-order valence-corrected chi connectivity index (χ2v) is 9.17. The summed E-state index contributed by atoms with van der Waals surface area (Å²) in [4.78, 5) is 14.4. The maximum absolute atomic E-state index is 14.4. The number of likely N-dealkylation sites (tertiary alicyclic amines) is 1. The van der Waals surface area contributed by atoms with Gasteiger partial charge >= 0.3 is 6.01 Å². The Labute approximate surface area is 170 Å². The number of alkyl halides is 2. The zero-order valence-electron chi connectivity index (χ0n) is 15.8. The van der Waals surface area contributed by atoms with Crippen LogP contribution in [0.4, 0.5) is 8.78 Å². The van der Waals surface area contributed by atoms with E-state index in [1.165, 1.54) is 14.2 Å². The summed E-state index contributed by atoms with van der Waals surface area (Å²) in [6.07, 6.45) is 1.57. The summed E-state index contributed by atoms with van der Waals surface area (Å²) in [6, 6.07) is 2.01. The molecule has 0 amide bonds. The highest BCUT2D eigenvalue weighted by molar-refractivity contribution is 14.2. The molecule has 1 fully saturated rings. The molecule has 2 aromatic heterocycles. The van der Waals surface area contributed by atoms with Crippen LogP contribution in [0.2, 0.25) is 0 Å². The van der Waals surface area contributed by atoms with Gasteiger partial charge in [0.1, 0.15) is 11.4 Å². The van der Waals surface area contributed by atoms with Crippen LogP contribution in [-0.4, -0.2) is 66.1 Å². The molecule has 2 aromatic rings. The van der Waals surface area contributed by atoms with Gasteiger partial charge in [-0.05, 0) is 6.07 Å². The number of ether oxygens (including phenoxy) is 2. The van der Waals surface area contributed by atoms with Crippen LogP contribution < -0.4 is 9.47 Å². The number of fused-ring (bicyclic) bond motifs is 1. The number of hydrogen-bond acceptors (Lipinski definition) is 7. The van der Waals surface area contributed by atoms with E-state index in [0.717, 1.165) is 5.69 Å². The molecule has 2 aliphatic heterocycles. The molecule has 0 bridgehead atoms. The van der Waals surface area contributed by atoms with Gasteiger partial charge in [0, 0.05) is 39.2 Å². The fraction of sp³-hybridized carbons (Fsp3) is 0.471. The average molecular weight is 504 g/mol. The van der Waals surface area contributed by atoms with Gasteiger partial charge in [0.15, 0.2) is 5.84 Å². The molecule has 0 saturated carbocycles. The highest BCUT2D eigenvalue weighted by Crippen LogP contribution is 2.44. The molecule has 8 nitrogen and oxygen atoms in total. The Morgan fingerprint density at radius 3 is 2.61 bits per heavy atom. The average Bonchev–Trinajstić information content (AvgIpc) is 3.18. The summed E-state index contributed by atoms with van der Waals surface area (Å²) >= 11 is -0.619. The normalized spacial score (nSPS) is 19.6. The molecule has 0 aromatic carbocycles. The molecule has 0 N–H and O–H groups in total. The summed E-state index contributed by atoms with van der Waals surface area (Å²) in [5.74, 6) is -1.94. The van der Waals surface area contributed by atoms with Crippen LogP contribution in [0, 0.1) is 5.41 Å². The lowest BCUT2D eigenvalue weighted by Crippen LogP contribution is -2.34. The number of rotatable bonds is 3. The Balaban J connectivity index is 1.72. The molecule has 0 atom stereocenters. The van der Waals surface area contributed by atoms with Crippen LogP contribution in [0.3, 0.4) is 0 Å². The minimum absolute atomic E-state index is 0.189. The number of aromatic nitrogens is 4. The number of amidine groups is 1. The molecule has 150 valence electrons. The SMILES string of the molecule is COc1ncc(-c2cc3n(n2)I=CN=C3N2CC(C)(C)C(F)(F)C2)c(OC)n1. The zero-order valence-corrected chi connectivity index (χ0v) is 17.9. The smallest absolute Gasteiger partial charge is 0.319 e. The summed E-state index contributed by atoms with van der Waals surface area (Å²) in [5, 5.41) is 4.62. The van der Waals surface area contributed by atoms with Crippen molar-refractivity contribution in [1.82, 2.24) is 22.9 Å². The van der Waals surface area contributed by atoms with Crippen molar-refractivity contribution in [3.63, 3.8) is 0 Å². The predicted molar refractivity (Wildman–Crippen MR) is 109 cm³/mol. The third kappa shape index (κ3) is 3.05. The first-order valence-electron chi connectivity index (χ1n) is 8.48. The van der Waals surface area contributed by atoms with Gasteiger partial charge < -0.3 is 14.4 Å². The molecule has 0 unspecified atom stereocenters.